The summed E-state index contributed by atoms with van der Waals surface area (Å²) in [6.07, 6.45) is 3.98. The quantitative estimate of drug-likeness (QED) is 0.418. The van der Waals surface area contributed by atoms with Gasteiger partial charge < -0.3 is 15.5 Å². The number of carbonyl (C=O) groups is 1. The van der Waals surface area contributed by atoms with Gasteiger partial charge in [0.2, 0.25) is 5.91 Å². The van der Waals surface area contributed by atoms with Crippen molar-refractivity contribution in [1.29, 1.82) is 0 Å². The second-order valence-electron chi connectivity index (χ2n) is 5.08. The minimum atomic E-state index is 0. The Morgan fingerprint density at radius 3 is 2.68 bits per heavy atom. The molecule has 0 unspecified atom stereocenters. The van der Waals surface area contributed by atoms with Gasteiger partial charge in [-0.25, -0.2) is 4.99 Å². The van der Waals surface area contributed by atoms with Crippen molar-refractivity contribution in [1.82, 2.24) is 25.3 Å². The van der Waals surface area contributed by atoms with Crippen molar-refractivity contribution in [3.8, 4) is 0 Å². The van der Waals surface area contributed by atoms with Crippen LogP contribution in [0.1, 0.15) is 25.5 Å². The average molecular weight is 420 g/mol. The van der Waals surface area contributed by atoms with Crippen LogP contribution in [0.15, 0.2) is 17.3 Å². The van der Waals surface area contributed by atoms with Gasteiger partial charge >= 0.3 is 0 Å². The second kappa shape index (κ2) is 9.65. The van der Waals surface area contributed by atoms with E-state index < -0.39 is 0 Å². The molecule has 0 aliphatic carbocycles. The van der Waals surface area contributed by atoms with Crippen LogP contribution in [0.4, 0.5) is 0 Å². The third-order valence-corrected chi connectivity index (χ3v) is 3.53. The molecule has 0 saturated carbocycles. The average Bonchev–Trinajstić information content (AvgIpc) is 3.13. The monoisotopic (exact) mass is 420 g/mol. The zero-order valence-corrected chi connectivity index (χ0v) is 15.5. The maximum Gasteiger partial charge on any atom is 0.241 e. The van der Waals surface area contributed by atoms with Crippen LogP contribution in [0.25, 0.3) is 0 Å². The number of nitrogens with zero attached hydrogens (tertiary/aromatic N) is 4. The lowest BCUT2D eigenvalue weighted by atomic mass is 10.4. The molecule has 2 N–H and O–H groups in total. The molecule has 1 amide bonds. The molecule has 0 atom stereocenters. The molecule has 22 heavy (non-hydrogen) atoms. The molecule has 1 aliphatic heterocycles. The molecule has 7 nitrogen and oxygen atoms in total. The molecule has 1 aromatic rings. The van der Waals surface area contributed by atoms with Crippen molar-refractivity contribution in [2.75, 3.05) is 26.2 Å². The van der Waals surface area contributed by atoms with E-state index in [0.717, 1.165) is 38.2 Å². The zero-order valence-electron chi connectivity index (χ0n) is 13.2. The number of carbonyl (C=O) groups excluding carboxylic acids is 1. The summed E-state index contributed by atoms with van der Waals surface area (Å²) in [5.74, 6) is 0.796. The van der Waals surface area contributed by atoms with Gasteiger partial charge in [0.1, 0.15) is 0 Å². The van der Waals surface area contributed by atoms with Gasteiger partial charge in [0.05, 0.1) is 18.8 Å². The molecule has 1 aliphatic rings. The summed E-state index contributed by atoms with van der Waals surface area (Å²) in [4.78, 5) is 18.4. The maximum absolute atomic E-state index is 12.0. The van der Waals surface area contributed by atoms with Crippen molar-refractivity contribution in [3.05, 3.63) is 18.0 Å². The molecule has 0 radical (unpaired) electrons. The number of aryl methyl sites for hydroxylation is 1. The standard InChI is InChI=1S/C14H24N6O.HI/c1-3-15-14(16-10-12-6-7-18-19(12)2)17-11-13(21)20-8-4-5-9-20;/h6-7H,3-5,8-11H2,1-2H3,(H2,15,16,17);1H. The van der Waals surface area contributed by atoms with E-state index in [1.165, 1.54) is 0 Å². The highest BCUT2D eigenvalue weighted by Gasteiger charge is 2.17. The van der Waals surface area contributed by atoms with E-state index >= 15 is 0 Å². The molecule has 0 aromatic carbocycles. The summed E-state index contributed by atoms with van der Waals surface area (Å²) >= 11 is 0. The third-order valence-electron chi connectivity index (χ3n) is 3.53. The Morgan fingerprint density at radius 1 is 1.36 bits per heavy atom. The molecule has 1 saturated heterocycles. The molecule has 8 heteroatoms. The minimum absolute atomic E-state index is 0. The molecule has 0 bridgehead atoms. The van der Waals surface area contributed by atoms with Gasteiger partial charge in [-0.05, 0) is 25.8 Å². The second-order valence-corrected chi connectivity index (χ2v) is 5.08. The lowest BCUT2D eigenvalue weighted by molar-refractivity contribution is -0.128. The number of guanidine groups is 1. The molecule has 1 aromatic heterocycles. The molecular formula is C14H25IN6O. The SMILES string of the molecule is CCNC(=NCc1ccnn1C)NCC(=O)N1CCCC1.I. The molecule has 1 fully saturated rings. The fourth-order valence-electron chi connectivity index (χ4n) is 2.30. The van der Waals surface area contributed by atoms with Gasteiger partial charge in [0.15, 0.2) is 5.96 Å². The number of likely N-dealkylation sites (tertiary alicyclic amines) is 1. The smallest absolute Gasteiger partial charge is 0.241 e. The number of hydrogen-bond donors (Lipinski definition) is 2. The first kappa shape index (κ1) is 18.7. The summed E-state index contributed by atoms with van der Waals surface area (Å²) in [6.45, 7) is 5.34. The first-order valence-electron chi connectivity index (χ1n) is 7.47. The lowest BCUT2D eigenvalue weighted by Crippen LogP contribution is -2.44. The highest BCUT2D eigenvalue weighted by Crippen LogP contribution is 2.06. The van der Waals surface area contributed by atoms with Gasteiger partial charge in [0, 0.05) is 32.9 Å². The van der Waals surface area contributed by atoms with Crippen LogP contribution in [-0.4, -0.2) is 52.7 Å². The van der Waals surface area contributed by atoms with E-state index in [1.807, 2.05) is 24.9 Å². The van der Waals surface area contributed by atoms with E-state index in [2.05, 4.69) is 20.7 Å². The van der Waals surface area contributed by atoms with Gasteiger partial charge in [-0.15, -0.1) is 24.0 Å². The Balaban J connectivity index is 0.00000242. The van der Waals surface area contributed by atoms with Crippen LogP contribution in [0.2, 0.25) is 0 Å². The lowest BCUT2D eigenvalue weighted by Gasteiger charge is -2.17. The number of hydrogen-bond acceptors (Lipinski definition) is 3. The summed E-state index contributed by atoms with van der Waals surface area (Å²) in [5.41, 5.74) is 1.03. The van der Waals surface area contributed by atoms with E-state index in [0.29, 0.717) is 12.5 Å². The van der Waals surface area contributed by atoms with Crippen LogP contribution in [0.3, 0.4) is 0 Å². The Hall–Kier alpha value is -1.32. The molecule has 0 spiro atoms. The number of rotatable bonds is 5. The van der Waals surface area contributed by atoms with Gasteiger partial charge in [-0.1, -0.05) is 0 Å². The van der Waals surface area contributed by atoms with E-state index in [1.54, 1.807) is 10.9 Å². The fraction of sp³-hybridized carbons (Fsp3) is 0.643. The first-order valence-corrected chi connectivity index (χ1v) is 7.47. The fourth-order valence-corrected chi connectivity index (χ4v) is 2.30. The van der Waals surface area contributed by atoms with Crippen molar-refractivity contribution in [2.24, 2.45) is 12.0 Å². The Labute approximate surface area is 148 Å². The summed E-state index contributed by atoms with van der Waals surface area (Å²) < 4.78 is 1.79. The number of nitrogens with one attached hydrogen (secondary N) is 2. The number of amides is 1. The number of aromatic nitrogens is 2. The summed E-state index contributed by atoms with van der Waals surface area (Å²) in [6, 6.07) is 1.93. The number of halogens is 1. The van der Waals surface area contributed by atoms with Gasteiger partial charge in [-0.3, -0.25) is 9.48 Å². The van der Waals surface area contributed by atoms with E-state index in [-0.39, 0.29) is 36.4 Å². The van der Waals surface area contributed by atoms with Gasteiger partial charge in [0.25, 0.3) is 0 Å². The van der Waals surface area contributed by atoms with Crippen molar-refractivity contribution in [2.45, 2.75) is 26.3 Å². The predicted octanol–water partition coefficient (Wildman–Crippen LogP) is 0.716. The first-order chi connectivity index (χ1) is 10.2. The summed E-state index contributed by atoms with van der Waals surface area (Å²) in [7, 11) is 1.89. The predicted molar refractivity (Wildman–Crippen MR) is 97.3 cm³/mol. The maximum atomic E-state index is 12.0. The van der Waals surface area contributed by atoms with Crippen molar-refractivity contribution < 1.29 is 4.79 Å². The summed E-state index contributed by atoms with van der Waals surface area (Å²) in [5, 5.41) is 10.4. The molecule has 2 heterocycles. The minimum Gasteiger partial charge on any atom is -0.357 e. The number of aliphatic imine (C=N–C) groups is 1. The largest absolute Gasteiger partial charge is 0.357 e. The Kier molecular flexibility index (Phi) is 8.21. The Bertz CT molecular complexity index is 495. The van der Waals surface area contributed by atoms with Crippen LogP contribution in [0, 0.1) is 0 Å². The van der Waals surface area contributed by atoms with Crippen molar-refractivity contribution >= 4 is 35.8 Å². The van der Waals surface area contributed by atoms with Crippen molar-refractivity contribution in [3.63, 3.8) is 0 Å². The van der Waals surface area contributed by atoms with E-state index in [4.69, 9.17) is 0 Å². The zero-order chi connectivity index (χ0) is 15.1. The van der Waals surface area contributed by atoms with Crippen LogP contribution < -0.4 is 10.6 Å². The highest BCUT2D eigenvalue weighted by molar-refractivity contribution is 14.0. The Morgan fingerprint density at radius 2 is 2.09 bits per heavy atom. The van der Waals surface area contributed by atoms with Crippen LogP contribution in [0.5, 0.6) is 0 Å². The molecule has 124 valence electrons. The van der Waals surface area contributed by atoms with Gasteiger partial charge in [-0.2, -0.15) is 5.10 Å². The van der Waals surface area contributed by atoms with E-state index in [9.17, 15) is 4.79 Å². The van der Waals surface area contributed by atoms with Crippen LogP contribution >= 0.6 is 24.0 Å². The molecule has 2 rings (SSSR count). The van der Waals surface area contributed by atoms with Crippen LogP contribution in [-0.2, 0) is 18.4 Å². The normalized spacial score (nSPS) is 14.6. The third kappa shape index (κ3) is 5.47. The topological polar surface area (TPSA) is 74.5 Å². The molecular weight excluding hydrogens is 395 g/mol. The highest BCUT2D eigenvalue weighted by atomic mass is 127.